The van der Waals surface area contributed by atoms with Gasteiger partial charge in [-0.3, -0.25) is 0 Å². The van der Waals surface area contributed by atoms with Crippen molar-refractivity contribution in [3.63, 3.8) is 0 Å². The molecule has 2 N–H and O–H groups in total. The van der Waals surface area contributed by atoms with E-state index in [2.05, 4.69) is 0 Å². The Morgan fingerprint density at radius 3 is 2.48 bits per heavy atom. The number of sulfone groups is 1. The summed E-state index contributed by atoms with van der Waals surface area (Å²) in [6.45, 7) is 0.161. The maximum Gasteiger partial charge on any atom is 0.231 e. The van der Waals surface area contributed by atoms with E-state index in [4.69, 9.17) is 39.0 Å². The van der Waals surface area contributed by atoms with Crippen molar-refractivity contribution in [3.8, 4) is 11.5 Å². The van der Waals surface area contributed by atoms with Gasteiger partial charge in [-0.1, -0.05) is 29.9 Å². The lowest BCUT2D eigenvalue weighted by atomic mass is 10.1. The summed E-state index contributed by atoms with van der Waals surface area (Å²) in [5.41, 5.74) is 6.64. The Kier molecular flexibility index (Phi) is 3.90. The maximum atomic E-state index is 13.0. The van der Waals surface area contributed by atoms with Crippen LogP contribution in [0.2, 0.25) is 5.02 Å². The lowest BCUT2D eigenvalue weighted by Crippen LogP contribution is -2.17. The smallest absolute Gasteiger partial charge is 0.231 e. The highest BCUT2D eigenvalue weighted by molar-refractivity contribution is 7.92. The topological polar surface area (TPSA) is 78.6 Å². The molecule has 0 radical (unpaired) electrons. The molecule has 0 aromatic heterocycles. The summed E-state index contributed by atoms with van der Waals surface area (Å²) in [5.74, 6) is 0.547. The zero-order valence-corrected chi connectivity index (χ0v) is 15.3. The van der Waals surface area contributed by atoms with Crippen molar-refractivity contribution < 1.29 is 17.9 Å². The summed E-state index contributed by atoms with van der Waals surface area (Å²) < 4.78 is 36.7. The number of nitrogens with two attached hydrogens (primary N) is 1. The van der Waals surface area contributed by atoms with Crippen LogP contribution in [0.3, 0.4) is 0 Å². The van der Waals surface area contributed by atoms with Crippen molar-refractivity contribution in [2.24, 2.45) is 11.7 Å². The van der Waals surface area contributed by atoms with Crippen LogP contribution in [0.4, 0.5) is 0 Å². The molecule has 0 amide bonds. The average Bonchev–Trinajstić information content (AvgIpc) is 3.18. The van der Waals surface area contributed by atoms with Crippen LogP contribution in [-0.4, -0.2) is 25.4 Å². The minimum Gasteiger partial charge on any atom is -0.454 e. The minimum absolute atomic E-state index is 0.161. The molecule has 25 heavy (non-hydrogen) atoms. The lowest BCUT2D eigenvalue weighted by molar-refractivity contribution is 0.174. The second-order valence-corrected chi connectivity index (χ2v) is 9.04. The van der Waals surface area contributed by atoms with Gasteiger partial charge in [0.15, 0.2) is 21.3 Å². The van der Waals surface area contributed by atoms with Gasteiger partial charge in [-0.2, -0.15) is 0 Å². The first-order valence-electron chi connectivity index (χ1n) is 7.58. The highest BCUT2D eigenvalue weighted by Crippen LogP contribution is 2.55. The molecule has 1 saturated carbocycles. The molecule has 2 aliphatic rings. The second-order valence-electron chi connectivity index (χ2n) is 6.03. The van der Waals surface area contributed by atoms with Gasteiger partial charge >= 0.3 is 0 Å². The van der Waals surface area contributed by atoms with Gasteiger partial charge < -0.3 is 15.2 Å². The fourth-order valence-electron chi connectivity index (χ4n) is 3.31. The second kappa shape index (κ2) is 5.86. The number of ether oxygens (including phenoxy) is 2. The van der Waals surface area contributed by atoms with Crippen LogP contribution in [0.1, 0.15) is 11.5 Å². The SMILES string of the molecule is NC(=S)[C@H]1[C@@H](c2ccc3c(c2)OCO3)[C@@H]1S(=O)(=O)c1ccc(Cl)cc1. The third-order valence-corrected chi connectivity index (χ3v) is 7.32. The molecule has 4 rings (SSSR count). The first-order chi connectivity index (χ1) is 11.9. The van der Waals surface area contributed by atoms with E-state index in [1.807, 2.05) is 6.07 Å². The molecule has 0 bridgehead atoms. The Morgan fingerprint density at radius 2 is 1.80 bits per heavy atom. The van der Waals surface area contributed by atoms with Gasteiger partial charge in [-0.25, -0.2) is 8.42 Å². The number of hydrogen-bond donors (Lipinski definition) is 1. The first-order valence-corrected chi connectivity index (χ1v) is 9.91. The van der Waals surface area contributed by atoms with Crippen LogP contribution in [0.25, 0.3) is 0 Å². The number of hydrogen-bond acceptors (Lipinski definition) is 5. The summed E-state index contributed by atoms with van der Waals surface area (Å²) in [5, 5.41) is -0.209. The third kappa shape index (κ3) is 2.76. The molecule has 2 aromatic rings. The molecule has 3 atom stereocenters. The van der Waals surface area contributed by atoms with Crippen LogP contribution in [-0.2, 0) is 9.84 Å². The molecule has 0 spiro atoms. The molecule has 1 aliphatic carbocycles. The van der Waals surface area contributed by atoms with Gasteiger partial charge in [-0.15, -0.1) is 0 Å². The molecule has 1 heterocycles. The van der Waals surface area contributed by atoms with E-state index in [-0.39, 0.29) is 22.6 Å². The zero-order valence-electron chi connectivity index (χ0n) is 12.9. The van der Waals surface area contributed by atoms with E-state index in [1.54, 1.807) is 24.3 Å². The monoisotopic (exact) mass is 395 g/mol. The molecule has 2 aromatic carbocycles. The van der Waals surface area contributed by atoms with Crippen molar-refractivity contribution in [3.05, 3.63) is 53.1 Å². The molecule has 0 saturated heterocycles. The van der Waals surface area contributed by atoms with E-state index in [0.717, 1.165) is 5.56 Å². The lowest BCUT2D eigenvalue weighted by Gasteiger charge is -2.05. The normalized spacial score (nSPS) is 24.1. The van der Waals surface area contributed by atoms with Crippen LogP contribution >= 0.6 is 23.8 Å². The summed E-state index contributed by atoms with van der Waals surface area (Å²) in [7, 11) is -3.59. The maximum absolute atomic E-state index is 13.0. The highest BCUT2D eigenvalue weighted by atomic mass is 35.5. The van der Waals surface area contributed by atoms with E-state index >= 15 is 0 Å². The summed E-state index contributed by atoms with van der Waals surface area (Å²) in [4.78, 5) is 0.414. The molecular weight excluding hydrogens is 382 g/mol. The molecule has 0 unspecified atom stereocenters. The fraction of sp³-hybridized carbons (Fsp3) is 0.235. The van der Waals surface area contributed by atoms with Crippen molar-refractivity contribution in [1.29, 1.82) is 0 Å². The first kappa shape index (κ1) is 16.6. The van der Waals surface area contributed by atoms with Gasteiger partial charge in [0.25, 0.3) is 0 Å². The van der Waals surface area contributed by atoms with Gasteiger partial charge in [0.1, 0.15) is 0 Å². The van der Waals surface area contributed by atoms with Crippen LogP contribution < -0.4 is 15.2 Å². The quantitative estimate of drug-likeness (QED) is 0.802. The largest absolute Gasteiger partial charge is 0.454 e. The summed E-state index contributed by atoms with van der Waals surface area (Å²) >= 11 is 11.0. The predicted molar refractivity (Wildman–Crippen MR) is 98.0 cm³/mol. The van der Waals surface area contributed by atoms with Gasteiger partial charge in [-0.05, 0) is 42.0 Å². The molecule has 8 heteroatoms. The van der Waals surface area contributed by atoms with E-state index in [9.17, 15) is 8.42 Å². The highest BCUT2D eigenvalue weighted by Gasteiger charge is 2.60. The third-order valence-electron chi connectivity index (χ3n) is 4.56. The van der Waals surface area contributed by atoms with Crippen molar-refractivity contribution >= 4 is 38.6 Å². The van der Waals surface area contributed by atoms with Gasteiger partial charge in [0.2, 0.25) is 6.79 Å². The Hall–Kier alpha value is -1.83. The standard InChI is InChI=1S/C17H14ClNO4S2/c18-10-2-4-11(5-3-10)25(20,21)16-14(15(16)17(19)24)9-1-6-12-13(7-9)23-8-22-12/h1-7,14-16H,8H2,(H2,19,24)/t14-,15+,16+/m1/s1. The summed E-state index contributed by atoms with van der Waals surface area (Å²) in [6.07, 6.45) is 0. The number of rotatable bonds is 4. The van der Waals surface area contributed by atoms with Crippen LogP contribution in [0.15, 0.2) is 47.4 Å². The number of thiocarbonyl (C=S) groups is 1. The Balaban J connectivity index is 1.71. The number of halogens is 1. The van der Waals surface area contributed by atoms with Crippen molar-refractivity contribution in [2.45, 2.75) is 16.1 Å². The fourth-order valence-corrected chi connectivity index (χ4v) is 5.97. The Bertz CT molecular complexity index is 959. The molecule has 1 fully saturated rings. The van der Waals surface area contributed by atoms with Gasteiger partial charge in [0.05, 0.1) is 15.1 Å². The zero-order chi connectivity index (χ0) is 17.8. The molecular formula is C17H14ClNO4S2. The average molecular weight is 396 g/mol. The van der Waals surface area contributed by atoms with Gasteiger partial charge in [0, 0.05) is 16.9 Å². The van der Waals surface area contributed by atoms with E-state index < -0.39 is 21.0 Å². The summed E-state index contributed by atoms with van der Waals surface area (Å²) in [6, 6.07) is 11.5. The number of benzene rings is 2. The van der Waals surface area contributed by atoms with E-state index in [0.29, 0.717) is 16.5 Å². The minimum atomic E-state index is -3.59. The van der Waals surface area contributed by atoms with Crippen molar-refractivity contribution in [2.75, 3.05) is 6.79 Å². The van der Waals surface area contributed by atoms with Crippen LogP contribution in [0.5, 0.6) is 11.5 Å². The van der Waals surface area contributed by atoms with Crippen LogP contribution in [0, 0.1) is 5.92 Å². The van der Waals surface area contributed by atoms with Crippen molar-refractivity contribution in [1.82, 2.24) is 0 Å². The van der Waals surface area contributed by atoms with E-state index in [1.165, 1.54) is 12.1 Å². The Morgan fingerprint density at radius 1 is 1.12 bits per heavy atom. The predicted octanol–water partition coefficient (Wildman–Crippen LogP) is 2.91. The molecule has 130 valence electrons. The molecule has 1 aliphatic heterocycles. The molecule has 5 nitrogen and oxygen atoms in total. The Labute approximate surface area is 155 Å². The number of fused-ring (bicyclic) bond motifs is 1.